The fourth-order valence-electron chi connectivity index (χ4n) is 4.49. The summed E-state index contributed by atoms with van der Waals surface area (Å²) in [4.78, 5) is 39.5. The van der Waals surface area contributed by atoms with Gasteiger partial charge in [0.05, 0.1) is 18.2 Å². The molecule has 8 heteroatoms. The van der Waals surface area contributed by atoms with Gasteiger partial charge in [0.2, 0.25) is 17.7 Å². The van der Waals surface area contributed by atoms with Crippen LogP contribution in [0.4, 0.5) is 0 Å². The first-order chi connectivity index (χ1) is 16.6. The van der Waals surface area contributed by atoms with Crippen molar-refractivity contribution in [2.45, 2.75) is 123 Å². The molecule has 0 radical (unpaired) electrons. The Labute approximate surface area is 212 Å². The minimum Gasteiger partial charge on any atom is -0.391 e. The summed E-state index contributed by atoms with van der Waals surface area (Å²) in [6.45, 7) is 10.4. The van der Waals surface area contributed by atoms with E-state index in [4.69, 9.17) is 4.74 Å². The van der Waals surface area contributed by atoms with Crippen molar-refractivity contribution in [1.82, 2.24) is 15.5 Å². The second-order valence-electron chi connectivity index (χ2n) is 10.5. The highest BCUT2D eigenvalue weighted by molar-refractivity contribution is 5.87. The number of hydrogen-bond acceptors (Lipinski definition) is 5. The maximum atomic E-state index is 13.1. The van der Waals surface area contributed by atoms with Gasteiger partial charge in [-0.05, 0) is 44.9 Å². The van der Waals surface area contributed by atoms with Crippen molar-refractivity contribution in [3.05, 3.63) is 0 Å². The zero-order chi connectivity index (χ0) is 26.4. The molecule has 6 atom stereocenters. The van der Waals surface area contributed by atoms with Crippen LogP contribution < -0.4 is 10.6 Å². The van der Waals surface area contributed by atoms with Crippen LogP contribution in [0.1, 0.15) is 98.8 Å². The van der Waals surface area contributed by atoms with Gasteiger partial charge < -0.3 is 25.4 Å². The molecule has 0 bridgehead atoms. The maximum Gasteiger partial charge on any atom is 0.248 e. The number of aliphatic hydroxyl groups excluding tert-OH is 1. The molecule has 0 aromatic rings. The number of amides is 3. The normalized spacial score (nSPS) is 27.7. The molecule has 1 saturated heterocycles. The third-order valence-corrected chi connectivity index (χ3v) is 7.30. The maximum absolute atomic E-state index is 13.1. The summed E-state index contributed by atoms with van der Waals surface area (Å²) >= 11 is 0. The highest BCUT2D eigenvalue weighted by atomic mass is 16.5. The number of carbonyl (C=O) groups is 3. The Bertz CT molecular complexity index is 644. The second-order valence-corrected chi connectivity index (χ2v) is 10.5. The zero-order valence-electron chi connectivity index (χ0n) is 23.0. The van der Waals surface area contributed by atoms with Crippen molar-refractivity contribution in [1.29, 1.82) is 0 Å². The molecule has 0 saturated carbocycles. The Kier molecular flexibility index (Phi) is 15.1. The van der Waals surface area contributed by atoms with Gasteiger partial charge >= 0.3 is 0 Å². The summed E-state index contributed by atoms with van der Waals surface area (Å²) in [6, 6.07) is -1.18. The number of ether oxygens (including phenoxy) is 1. The number of likely N-dealkylation sites (N-methyl/N-ethyl adjacent to an activating group) is 1. The van der Waals surface area contributed by atoms with Crippen molar-refractivity contribution >= 4 is 17.7 Å². The molecule has 3 N–H and O–H groups in total. The lowest BCUT2D eigenvalue weighted by atomic mass is 9.89. The Morgan fingerprint density at radius 3 is 2.54 bits per heavy atom. The minimum absolute atomic E-state index is 0.0413. The van der Waals surface area contributed by atoms with Gasteiger partial charge in [0.1, 0.15) is 12.6 Å². The first kappa shape index (κ1) is 31.4. The Hall–Kier alpha value is -1.67. The molecule has 1 rings (SSSR count). The predicted octanol–water partition coefficient (Wildman–Crippen LogP) is 3.41. The van der Waals surface area contributed by atoms with Crippen LogP contribution in [0.15, 0.2) is 0 Å². The molecule has 35 heavy (non-hydrogen) atoms. The second kappa shape index (κ2) is 16.9. The van der Waals surface area contributed by atoms with Crippen molar-refractivity contribution in [3.8, 4) is 0 Å². The average Bonchev–Trinajstić information content (AvgIpc) is 2.83. The molecule has 3 amide bonds. The Balaban J connectivity index is 2.91. The highest BCUT2D eigenvalue weighted by Crippen LogP contribution is 2.21. The number of carbonyl (C=O) groups excluding carboxylic acids is 3. The van der Waals surface area contributed by atoms with E-state index in [9.17, 15) is 19.5 Å². The Morgan fingerprint density at radius 1 is 1.20 bits per heavy atom. The van der Waals surface area contributed by atoms with E-state index in [1.54, 1.807) is 14.0 Å². The van der Waals surface area contributed by atoms with E-state index in [2.05, 4.69) is 31.4 Å². The fourth-order valence-corrected chi connectivity index (χ4v) is 4.49. The third-order valence-electron chi connectivity index (χ3n) is 7.30. The standard InChI is InChI=1S/C27H51N3O5/c1-7-9-15-28-26(33)20(4)17-24(31)23-16-19(3)13-11-10-12-14-22(8-2)35-18-25(32)30(6)21(5)27(34)29-23/h19-24,31H,7-18H2,1-6H3,(H,28,33)(H,29,34)/t19-,20-,21+,22?,23+,24+/m1/s1. The van der Waals surface area contributed by atoms with Crippen LogP contribution in [0, 0.1) is 11.8 Å². The van der Waals surface area contributed by atoms with Gasteiger partial charge in [-0.15, -0.1) is 0 Å². The highest BCUT2D eigenvalue weighted by Gasteiger charge is 2.30. The van der Waals surface area contributed by atoms with Crippen LogP contribution in [0.3, 0.4) is 0 Å². The van der Waals surface area contributed by atoms with Crippen molar-refractivity contribution in [2.24, 2.45) is 11.8 Å². The van der Waals surface area contributed by atoms with Gasteiger partial charge in [0, 0.05) is 19.5 Å². The summed E-state index contributed by atoms with van der Waals surface area (Å²) in [5, 5.41) is 17.0. The zero-order valence-corrected chi connectivity index (χ0v) is 23.0. The van der Waals surface area contributed by atoms with Gasteiger partial charge in [-0.25, -0.2) is 0 Å². The molecule has 0 aromatic heterocycles. The van der Waals surface area contributed by atoms with Gasteiger partial charge in [0.15, 0.2) is 0 Å². The first-order valence-corrected chi connectivity index (χ1v) is 13.7. The number of rotatable bonds is 8. The quantitative estimate of drug-likeness (QED) is 0.446. The number of hydrogen-bond donors (Lipinski definition) is 3. The van der Waals surface area contributed by atoms with E-state index in [0.717, 1.165) is 51.4 Å². The lowest BCUT2D eigenvalue weighted by molar-refractivity contribution is -0.144. The van der Waals surface area contributed by atoms with E-state index in [1.807, 2.05) is 6.92 Å². The average molecular weight is 498 g/mol. The topological polar surface area (TPSA) is 108 Å². The lowest BCUT2D eigenvalue weighted by Crippen LogP contribution is -2.53. The largest absolute Gasteiger partial charge is 0.391 e. The minimum atomic E-state index is -0.853. The van der Waals surface area contributed by atoms with Crippen LogP contribution in [0.5, 0.6) is 0 Å². The summed E-state index contributed by atoms with van der Waals surface area (Å²) in [7, 11) is 1.61. The summed E-state index contributed by atoms with van der Waals surface area (Å²) in [6.07, 6.45) is 8.04. The number of unbranched alkanes of at least 4 members (excludes halogenated alkanes) is 1. The monoisotopic (exact) mass is 497 g/mol. The van der Waals surface area contributed by atoms with Crippen molar-refractivity contribution < 1.29 is 24.2 Å². The Morgan fingerprint density at radius 2 is 1.89 bits per heavy atom. The van der Waals surface area contributed by atoms with Gasteiger partial charge in [-0.3, -0.25) is 14.4 Å². The van der Waals surface area contributed by atoms with E-state index >= 15 is 0 Å². The van der Waals surface area contributed by atoms with Crippen molar-refractivity contribution in [2.75, 3.05) is 20.2 Å². The molecule has 1 unspecified atom stereocenters. The molecule has 8 nitrogen and oxygen atoms in total. The van der Waals surface area contributed by atoms with Crippen LogP contribution in [0.25, 0.3) is 0 Å². The first-order valence-electron chi connectivity index (χ1n) is 13.7. The molecule has 0 aromatic carbocycles. The van der Waals surface area contributed by atoms with Gasteiger partial charge in [-0.1, -0.05) is 59.8 Å². The lowest BCUT2D eigenvalue weighted by Gasteiger charge is -2.31. The van der Waals surface area contributed by atoms with Crippen molar-refractivity contribution in [3.63, 3.8) is 0 Å². The van der Waals surface area contributed by atoms with Crippen LogP contribution in [-0.2, 0) is 19.1 Å². The fraction of sp³-hybridized carbons (Fsp3) is 0.889. The summed E-state index contributed by atoms with van der Waals surface area (Å²) in [5.74, 6) is -0.671. The molecular formula is C27H51N3O5. The van der Waals surface area contributed by atoms with Gasteiger partial charge in [-0.2, -0.15) is 0 Å². The van der Waals surface area contributed by atoms with Gasteiger partial charge in [0.25, 0.3) is 0 Å². The van der Waals surface area contributed by atoms with E-state index in [0.29, 0.717) is 18.9 Å². The number of aliphatic hydroxyl groups is 1. The third kappa shape index (κ3) is 11.7. The van der Waals surface area contributed by atoms with E-state index in [-0.39, 0.29) is 42.8 Å². The molecular weight excluding hydrogens is 446 g/mol. The SMILES string of the molecule is CCCCNC(=O)[C@H](C)C[C@H](O)[C@@H]1C[C@H](C)CCCCCC(CC)OCC(=O)N(C)[C@@H](C)C(=O)N1. The number of nitrogens with one attached hydrogen (secondary N) is 2. The molecule has 1 fully saturated rings. The van der Waals surface area contributed by atoms with Crippen LogP contribution >= 0.6 is 0 Å². The predicted molar refractivity (Wildman–Crippen MR) is 139 cm³/mol. The smallest absolute Gasteiger partial charge is 0.248 e. The molecule has 1 heterocycles. The summed E-state index contributed by atoms with van der Waals surface area (Å²) in [5.41, 5.74) is 0. The molecule has 0 aliphatic carbocycles. The van der Waals surface area contributed by atoms with E-state index in [1.165, 1.54) is 4.90 Å². The molecule has 204 valence electrons. The van der Waals surface area contributed by atoms with E-state index < -0.39 is 18.2 Å². The molecule has 1 aliphatic rings. The summed E-state index contributed by atoms with van der Waals surface area (Å²) < 4.78 is 5.84. The van der Waals surface area contributed by atoms with Crippen LogP contribution in [0.2, 0.25) is 0 Å². The molecule has 1 aliphatic heterocycles. The number of nitrogens with zero attached hydrogens (tertiary/aromatic N) is 1. The van der Waals surface area contributed by atoms with Crippen LogP contribution in [-0.4, -0.2) is 72.2 Å². The molecule has 0 spiro atoms.